The molecule has 28 heavy (non-hydrogen) atoms. The average Bonchev–Trinajstić information content (AvgIpc) is 2.70. The predicted octanol–water partition coefficient (Wildman–Crippen LogP) is 4.65. The van der Waals surface area contributed by atoms with E-state index in [9.17, 15) is 9.59 Å². The van der Waals surface area contributed by atoms with E-state index in [1.807, 2.05) is 62.4 Å². The van der Waals surface area contributed by atoms with E-state index in [-0.39, 0.29) is 11.6 Å². The molecule has 0 fully saturated rings. The lowest BCUT2D eigenvalue weighted by Crippen LogP contribution is -2.30. The van der Waals surface area contributed by atoms with Gasteiger partial charge in [-0.1, -0.05) is 24.3 Å². The summed E-state index contributed by atoms with van der Waals surface area (Å²) in [5, 5.41) is 0. The summed E-state index contributed by atoms with van der Waals surface area (Å²) in [5.41, 5.74) is 3.90. The number of methoxy groups -OCH3 is 1. The van der Waals surface area contributed by atoms with Crippen molar-refractivity contribution in [3.63, 3.8) is 0 Å². The van der Waals surface area contributed by atoms with Gasteiger partial charge in [0.05, 0.1) is 13.7 Å². The van der Waals surface area contributed by atoms with Crippen LogP contribution in [0.5, 0.6) is 5.75 Å². The second kappa shape index (κ2) is 7.02. The minimum Gasteiger partial charge on any atom is -0.497 e. The van der Waals surface area contributed by atoms with Crippen molar-refractivity contribution < 1.29 is 19.1 Å². The Morgan fingerprint density at radius 2 is 1.86 bits per heavy atom. The first-order valence-electron chi connectivity index (χ1n) is 9.59. The van der Waals surface area contributed by atoms with E-state index in [0.29, 0.717) is 13.0 Å². The van der Waals surface area contributed by atoms with Crippen LogP contribution < -0.4 is 4.74 Å². The minimum atomic E-state index is -0.463. The van der Waals surface area contributed by atoms with Gasteiger partial charge < -0.3 is 9.47 Å². The molecule has 4 nitrogen and oxygen atoms in total. The molecule has 0 spiro atoms. The summed E-state index contributed by atoms with van der Waals surface area (Å²) in [5.74, 6) is 0.927. The van der Waals surface area contributed by atoms with Gasteiger partial charge in [0.15, 0.2) is 11.6 Å². The van der Waals surface area contributed by atoms with Crippen LogP contribution in [0.15, 0.2) is 42.5 Å². The van der Waals surface area contributed by atoms with E-state index in [2.05, 4.69) is 0 Å². The first-order valence-corrected chi connectivity index (χ1v) is 9.59. The lowest BCUT2D eigenvalue weighted by molar-refractivity contribution is 0.0285. The number of hydrogen-bond donors (Lipinski definition) is 0. The van der Waals surface area contributed by atoms with Crippen LogP contribution in [0.25, 0.3) is 6.08 Å². The highest BCUT2D eigenvalue weighted by molar-refractivity contribution is 6.06. The molecule has 0 saturated carbocycles. The zero-order valence-electron chi connectivity index (χ0n) is 16.5. The number of Topliss-reactive ketones (excluding diaryl/α,β-unsaturated/α-hetero) is 2. The molecule has 0 N–H and O–H groups in total. The molecule has 0 aromatic heterocycles. The van der Waals surface area contributed by atoms with Gasteiger partial charge in [-0.05, 0) is 67.6 Å². The SMILES string of the molecule is COc1ccc2c(c1)CCC(OCc1ccc3c(c1)C=CC(C)(C)C3=O)C2=O. The van der Waals surface area contributed by atoms with E-state index in [4.69, 9.17) is 9.47 Å². The molecule has 2 aliphatic rings. The number of benzene rings is 2. The van der Waals surface area contributed by atoms with Crippen LogP contribution >= 0.6 is 0 Å². The fourth-order valence-electron chi connectivity index (χ4n) is 3.86. The fourth-order valence-corrected chi connectivity index (χ4v) is 3.86. The van der Waals surface area contributed by atoms with Crippen molar-refractivity contribution in [1.82, 2.24) is 0 Å². The number of allylic oxidation sites excluding steroid dienone is 1. The van der Waals surface area contributed by atoms with Crippen molar-refractivity contribution >= 4 is 17.6 Å². The molecule has 2 aromatic rings. The maximum absolute atomic E-state index is 12.8. The molecule has 0 amide bonds. The summed E-state index contributed by atoms with van der Waals surface area (Å²) in [7, 11) is 1.63. The van der Waals surface area contributed by atoms with Gasteiger partial charge in [-0.2, -0.15) is 0 Å². The summed E-state index contributed by atoms with van der Waals surface area (Å²) in [4.78, 5) is 25.3. The average molecular weight is 376 g/mol. The second-order valence-corrected chi connectivity index (χ2v) is 8.03. The number of hydrogen-bond acceptors (Lipinski definition) is 4. The molecular formula is C24H24O4. The van der Waals surface area contributed by atoms with Gasteiger partial charge in [0.1, 0.15) is 11.9 Å². The second-order valence-electron chi connectivity index (χ2n) is 8.03. The van der Waals surface area contributed by atoms with Crippen LogP contribution in [0, 0.1) is 5.41 Å². The molecule has 4 rings (SSSR count). The van der Waals surface area contributed by atoms with E-state index >= 15 is 0 Å². The highest BCUT2D eigenvalue weighted by Crippen LogP contribution is 2.32. The molecule has 2 aromatic carbocycles. The Labute approximate surface area is 165 Å². The van der Waals surface area contributed by atoms with E-state index < -0.39 is 11.5 Å². The molecule has 0 aliphatic heterocycles. The number of carbonyl (C=O) groups is 2. The van der Waals surface area contributed by atoms with Crippen molar-refractivity contribution in [3.05, 3.63) is 70.3 Å². The van der Waals surface area contributed by atoms with Gasteiger partial charge in [0.25, 0.3) is 0 Å². The van der Waals surface area contributed by atoms with E-state index in [0.717, 1.165) is 40.0 Å². The van der Waals surface area contributed by atoms with E-state index in [1.54, 1.807) is 7.11 Å². The predicted molar refractivity (Wildman–Crippen MR) is 108 cm³/mol. The number of carbonyl (C=O) groups excluding carboxylic acids is 2. The lowest BCUT2D eigenvalue weighted by atomic mass is 9.78. The Hall–Kier alpha value is -2.72. The maximum atomic E-state index is 12.8. The van der Waals surface area contributed by atoms with Crippen molar-refractivity contribution in [2.45, 2.75) is 39.4 Å². The molecule has 4 heteroatoms. The quantitative estimate of drug-likeness (QED) is 0.780. The lowest BCUT2D eigenvalue weighted by Gasteiger charge is -2.25. The normalized spacial score (nSPS) is 19.9. The van der Waals surface area contributed by atoms with Crippen molar-refractivity contribution in [1.29, 1.82) is 0 Å². The first kappa shape index (κ1) is 18.6. The highest BCUT2D eigenvalue weighted by Gasteiger charge is 2.31. The topological polar surface area (TPSA) is 52.6 Å². The maximum Gasteiger partial charge on any atom is 0.191 e. The van der Waals surface area contributed by atoms with Gasteiger partial charge in [-0.15, -0.1) is 0 Å². The fraction of sp³-hybridized carbons (Fsp3) is 0.333. The van der Waals surface area contributed by atoms with Crippen LogP contribution in [0.1, 0.15) is 57.7 Å². The molecular weight excluding hydrogens is 352 g/mol. The summed E-state index contributed by atoms with van der Waals surface area (Å²) < 4.78 is 11.2. The Morgan fingerprint density at radius 3 is 2.64 bits per heavy atom. The third kappa shape index (κ3) is 3.29. The van der Waals surface area contributed by atoms with Crippen molar-refractivity contribution in [2.24, 2.45) is 5.41 Å². The summed E-state index contributed by atoms with van der Waals surface area (Å²) in [6, 6.07) is 11.3. The first-order chi connectivity index (χ1) is 13.4. The number of ketones is 2. The van der Waals surface area contributed by atoms with Gasteiger partial charge in [0.2, 0.25) is 0 Å². The number of ether oxygens (including phenoxy) is 2. The smallest absolute Gasteiger partial charge is 0.191 e. The van der Waals surface area contributed by atoms with Crippen molar-refractivity contribution in [3.8, 4) is 5.75 Å². The Kier molecular flexibility index (Phi) is 4.68. The van der Waals surface area contributed by atoms with Crippen LogP contribution in [0.4, 0.5) is 0 Å². The Balaban J connectivity index is 1.47. The molecule has 0 saturated heterocycles. The van der Waals surface area contributed by atoms with Gasteiger partial charge in [0, 0.05) is 16.5 Å². The molecule has 0 heterocycles. The third-order valence-corrected chi connectivity index (χ3v) is 5.62. The standard InChI is InChI=1S/C24H24O4/c1-24(2)11-10-17-12-15(4-7-20(17)23(24)26)14-28-21-9-5-16-13-18(27-3)6-8-19(16)22(21)25/h4,6-8,10-13,21H,5,9,14H2,1-3H3. The van der Waals surface area contributed by atoms with Crippen LogP contribution in [-0.4, -0.2) is 24.8 Å². The number of rotatable bonds is 4. The summed E-state index contributed by atoms with van der Waals surface area (Å²) in [6.45, 7) is 4.20. The molecule has 2 aliphatic carbocycles. The van der Waals surface area contributed by atoms with Crippen molar-refractivity contribution in [2.75, 3.05) is 7.11 Å². The zero-order chi connectivity index (χ0) is 19.9. The molecule has 1 atom stereocenters. The minimum absolute atomic E-state index is 0.0266. The third-order valence-electron chi connectivity index (χ3n) is 5.62. The van der Waals surface area contributed by atoms with Crippen LogP contribution in [0.3, 0.4) is 0 Å². The summed E-state index contributed by atoms with van der Waals surface area (Å²) in [6.07, 6.45) is 4.96. The monoisotopic (exact) mass is 376 g/mol. The number of fused-ring (bicyclic) bond motifs is 2. The summed E-state index contributed by atoms with van der Waals surface area (Å²) >= 11 is 0. The molecule has 0 radical (unpaired) electrons. The van der Waals surface area contributed by atoms with E-state index in [1.165, 1.54) is 0 Å². The van der Waals surface area contributed by atoms with Gasteiger partial charge >= 0.3 is 0 Å². The number of aryl methyl sites for hydroxylation is 1. The van der Waals surface area contributed by atoms with Crippen LogP contribution in [-0.2, 0) is 17.8 Å². The zero-order valence-corrected chi connectivity index (χ0v) is 16.5. The van der Waals surface area contributed by atoms with Gasteiger partial charge in [-0.25, -0.2) is 0 Å². The molecule has 144 valence electrons. The largest absolute Gasteiger partial charge is 0.497 e. The molecule has 1 unspecified atom stereocenters. The Morgan fingerprint density at radius 1 is 1.07 bits per heavy atom. The highest BCUT2D eigenvalue weighted by atomic mass is 16.5. The molecule has 0 bridgehead atoms. The van der Waals surface area contributed by atoms with Gasteiger partial charge in [-0.3, -0.25) is 9.59 Å². The van der Waals surface area contributed by atoms with Crippen LogP contribution in [0.2, 0.25) is 0 Å². The Bertz CT molecular complexity index is 984.